The van der Waals surface area contributed by atoms with Gasteiger partial charge in [-0.05, 0) is 63.8 Å². The van der Waals surface area contributed by atoms with E-state index in [1.54, 1.807) is 42.5 Å². The molecule has 1 aromatic heterocycles. The number of hydrazone groups is 1. The molecule has 0 aliphatic carbocycles. The average molecular weight is 507 g/mol. The molecule has 1 N–H and O–H groups in total. The Hall–Kier alpha value is -3.71. The third-order valence-corrected chi connectivity index (χ3v) is 5.46. The number of rotatable bonds is 8. The van der Waals surface area contributed by atoms with Gasteiger partial charge >= 0.3 is 5.91 Å². The van der Waals surface area contributed by atoms with Gasteiger partial charge in [-0.2, -0.15) is 5.10 Å². The summed E-state index contributed by atoms with van der Waals surface area (Å²) in [5.41, 5.74) is 5.16. The monoisotopic (exact) mass is 506 g/mol. The molecule has 0 atom stereocenters. The van der Waals surface area contributed by atoms with Crippen LogP contribution in [0, 0.1) is 5.82 Å². The number of halogens is 2. The normalized spacial score (nSPS) is 11.1. The number of allylic oxidation sites excluding steroid dienone is 1. The van der Waals surface area contributed by atoms with Crippen molar-refractivity contribution >= 4 is 39.0 Å². The lowest BCUT2D eigenvalue weighted by molar-refractivity contribution is 0.0929. The number of carbonyl (C=O) groups is 1. The van der Waals surface area contributed by atoms with E-state index >= 15 is 0 Å². The van der Waals surface area contributed by atoms with Crippen LogP contribution in [0.4, 0.5) is 4.39 Å². The summed E-state index contributed by atoms with van der Waals surface area (Å²) in [6, 6.07) is 19.2. The maximum absolute atomic E-state index is 13.9. The zero-order valence-corrected chi connectivity index (χ0v) is 19.1. The number of para-hydroxylation sites is 1. The molecule has 1 heterocycles. The predicted octanol–water partition coefficient (Wildman–Crippen LogP) is 6.41. The fourth-order valence-corrected chi connectivity index (χ4v) is 3.93. The molecule has 5 nitrogen and oxygen atoms in total. The maximum atomic E-state index is 13.9. The first-order chi connectivity index (χ1) is 16.0. The van der Waals surface area contributed by atoms with Crippen LogP contribution in [-0.2, 0) is 13.0 Å². The first-order valence-electron chi connectivity index (χ1n) is 10.2. The van der Waals surface area contributed by atoms with Crippen molar-refractivity contribution in [3.8, 4) is 5.75 Å². The van der Waals surface area contributed by atoms with Crippen LogP contribution in [0.25, 0.3) is 11.0 Å². The second-order valence-corrected chi connectivity index (χ2v) is 8.07. The third-order valence-electron chi connectivity index (χ3n) is 4.87. The average Bonchev–Trinajstić information content (AvgIpc) is 3.24. The van der Waals surface area contributed by atoms with Crippen LogP contribution in [0.3, 0.4) is 0 Å². The minimum Gasteiger partial charge on any atom is -0.487 e. The molecule has 4 rings (SSSR count). The second-order valence-electron chi connectivity index (χ2n) is 7.21. The topological polar surface area (TPSA) is 63.8 Å². The predicted molar refractivity (Wildman–Crippen MR) is 130 cm³/mol. The lowest BCUT2D eigenvalue weighted by Crippen LogP contribution is -2.16. The van der Waals surface area contributed by atoms with E-state index in [0.717, 1.165) is 16.5 Å². The Kier molecular flexibility index (Phi) is 7.00. The highest BCUT2D eigenvalue weighted by molar-refractivity contribution is 9.10. The molecule has 0 saturated heterocycles. The number of furan rings is 1. The van der Waals surface area contributed by atoms with E-state index in [2.05, 4.69) is 33.0 Å². The Morgan fingerprint density at radius 2 is 1.91 bits per heavy atom. The molecule has 0 aliphatic rings. The molecule has 0 bridgehead atoms. The Balaban J connectivity index is 1.48. The zero-order chi connectivity index (χ0) is 23.2. The first kappa shape index (κ1) is 22.5. The summed E-state index contributed by atoms with van der Waals surface area (Å²) >= 11 is 3.52. The molecule has 1 amide bonds. The molecule has 0 radical (unpaired) electrons. The van der Waals surface area contributed by atoms with Gasteiger partial charge in [-0.3, -0.25) is 4.79 Å². The SMILES string of the molecule is C=CCc1cc(/C=N/NC(=O)c2cc3ccccc3o2)cc(Br)c1OCc1ccccc1F. The highest BCUT2D eigenvalue weighted by Crippen LogP contribution is 2.32. The van der Waals surface area contributed by atoms with E-state index < -0.39 is 5.91 Å². The van der Waals surface area contributed by atoms with Crippen molar-refractivity contribution in [1.29, 1.82) is 0 Å². The summed E-state index contributed by atoms with van der Waals surface area (Å²) in [4.78, 5) is 12.4. The Bertz CT molecular complexity index is 1310. The van der Waals surface area contributed by atoms with E-state index in [4.69, 9.17) is 9.15 Å². The third kappa shape index (κ3) is 5.38. The van der Waals surface area contributed by atoms with Gasteiger partial charge in [0.25, 0.3) is 0 Å². The fourth-order valence-electron chi connectivity index (χ4n) is 3.30. The van der Waals surface area contributed by atoms with Crippen molar-refractivity contribution in [2.45, 2.75) is 13.0 Å². The van der Waals surface area contributed by atoms with Crippen molar-refractivity contribution in [2.75, 3.05) is 0 Å². The van der Waals surface area contributed by atoms with E-state index in [9.17, 15) is 9.18 Å². The molecule has 0 fully saturated rings. The second kappa shape index (κ2) is 10.3. The van der Waals surface area contributed by atoms with Crippen molar-refractivity contribution in [3.63, 3.8) is 0 Å². The van der Waals surface area contributed by atoms with E-state index in [0.29, 0.717) is 27.8 Å². The van der Waals surface area contributed by atoms with Gasteiger partial charge in [0.15, 0.2) is 5.76 Å². The van der Waals surface area contributed by atoms with Crippen LogP contribution in [0.5, 0.6) is 5.75 Å². The van der Waals surface area contributed by atoms with Crippen LogP contribution in [-0.4, -0.2) is 12.1 Å². The summed E-state index contributed by atoms with van der Waals surface area (Å²) in [6.07, 6.45) is 3.82. The fraction of sp³-hybridized carbons (Fsp3) is 0.0769. The van der Waals surface area contributed by atoms with E-state index in [1.165, 1.54) is 12.3 Å². The number of hydrogen-bond donors (Lipinski definition) is 1. The maximum Gasteiger partial charge on any atom is 0.307 e. The van der Waals surface area contributed by atoms with Gasteiger partial charge in [-0.1, -0.05) is 42.5 Å². The zero-order valence-electron chi connectivity index (χ0n) is 17.6. The van der Waals surface area contributed by atoms with Crippen molar-refractivity contribution < 1.29 is 18.3 Å². The summed E-state index contributed by atoms with van der Waals surface area (Å²) in [6.45, 7) is 3.89. The Morgan fingerprint density at radius 1 is 1.12 bits per heavy atom. The molecule has 33 heavy (non-hydrogen) atoms. The van der Waals surface area contributed by atoms with Gasteiger partial charge in [-0.25, -0.2) is 9.82 Å². The summed E-state index contributed by atoms with van der Waals surface area (Å²) in [5, 5.41) is 4.89. The summed E-state index contributed by atoms with van der Waals surface area (Å²) < 4.78 is 26.1. The molecular weight excluding hydrogens is 487 g/mol. The lowest BCUT2D eigenvalue weighted by Gasteiger charge is -2.14. The largest absolute Gasteiger partial charge is 0.487 e. The number of hydrogen-bond acceptors (Lipinski definition) is 4. The van der Waals surface area contributed by atoms with Crippen molar-refractivity contribution in [1.82, 2.24) is 5.43 Å². The highest BCUT2D eigenvalue weighted by atomic mass is 79.9. The van der Waals surface area contributed by atoms with Gasteiger partial charge in [0.1, 0.15) is 23.8 Å². The molecule has 0 saturated carbocycles. The van der Waals surface area contributed by atoms with Crippen LogP contribution in [0.15, 0.2) is 93.4 Å². The number of benzene rings is 3. The van der Waals surface area contributed by atoms with Crippen LogP contribution < -0.4 is 10.2 Å². The van der Waals surface area contributed by atoms with Gasteiger partial charge < -0.3 is 9.15 Å². The molecule has 7 heteroatoms. The van der Waals surface area contributed by atoms with Crippen molar-refractivity contribution in [3.05, 3.63) is 112 Å². The van der Waals surface area contributed by atoms with Crippen molar-refractivity contribution in [2.24, 2.45) is 5.10 Å². The van der Waals surface area contributed by atoms with Gasteiger partial charge in [-0.15, -0.1) is 6.58 Å². The number of amides is 1. The van der Waals surface area contributed by atoms with Crippen LogP contribution in [0.2, 0.25) is 0 Å². The van der Waals surface area contributed by atoms with Crippen LogP contribution in [0.1, 0.15) is 27.2 Å². The lowest BCUT2D eigenvalue weighted by atomic mass is 10.1. The summed E-state index contributed by atoms with van der Waals surface area (Å²) in [7, 11) is 0. The molecule has 3 aromatic carbocycles. The number of carbonyl (C=O) groups excluding carboxylic acids is 1. The molecule has 0 unspecified atom stereocenters. The van der Waals surface area contributed by atoms with Gasteiger partial charge in [0, 0.05) is 10.9 Å². The molecular formula is C26H20BrFN2O3. The van der Waals surface area contributed by atoms with Crippen LogP contribution >= 0.6 is 15.9 Å². The molecule has 166 valence electrons. The smallest absolute Gasteiger partial charge is 0.307 e. The minimum absolute atomic E-state index is 0.0937. The Labute approximate surface area is 198 Å². The number of nitrogens with zero attached hydrogens (tertiary/aromatic N) is 1. The van der Waals surface area contributed by atoms with Gasteiger partial charge in [0.05, 0.1) is 10.7 Å². The summed E-state index contributed by atoms with van der Waals surface area (Å²) in [5.74, 6) is 0.0147. The number of nitrogens with one attached hydrogen (secondary N) is 1. The standard InChI is InChI=1S/C26H20BrFN2O3/c1-2-7-19-12-17(13-21(27)25(19)32-16-20-9-3-5-10-22(20)28)15-29-30-26(31)24-14-18-8-4-6-11-23(18)33-24/h2-6,8-15H,1,7,16H2,(H,30,31)/b29-15+. The molecule has 0 spiro atoms. The molecule has 4 aromatic rings. The highest BCUT2D eigenvalue weighted by Gasteiger charge is 2.13. The number of fused-ring (bicyclic) bond motifs is 1. The number of ether oxygens (including phenoxy) is 1. The molecule has 0 aliphatic heterocycles. The quantitative estimate of drug-likeness (QED) is 0.170. The van der Waals surface area contributed by atoms with E-state index in [1.807, 2.05) is 24.3 Å². The minimum atomic E-state index is -0.447. The first-order valence-corrected chi connectivity index (χ1v) is 11.0. The van der Waals surface area contributed by atoms with Gasteiger partial charge in [0.2, 0.25) is 0 Å². The van der Waals surface area contributed by atoms with E-state index in [-0.39, 0.29) is 18.2 Å². The Morgan fingerprint density at radius 3 is 2.70 bits per heavy atom.